The fraction of sp³-hybridized carbons (Fsp3) is 0.300. The van der Waals surface area contributed by atoms with E-state index in [1.165, 1.54) is 0 Å². The minimum Gasteiger partial charge on any atom is -0.496 e. The van der Waals surface area contributed by atoms with Gasteiger partial charge in [0.25, 0.3) is 25.2 Å². The van der Waals surface area contributed by atoms with E-state index in [4.69, 9.17) is 4.74 Å². The third kappa shape index (κ3) is 6.95. The van der Waals surface area contributed by atoms with E-state index >= 15 is 0 Å². The molecule has 5 aromatic rings. The first-order valence-electron chi connectivity index (χ1n) is 14.1. The topological polar surface area (TPSA) is 125 Å². The molecule has 0 unspecified atom stereocenters. The van der Waals surface area contributed by atoms with Crippen molar-refractivity contribution in [1.82, 2.24) is 0 Å². The molecule has 0 amide bonds. The van der Waals surface area contributed by atoms with Gasteiger partial charge in [0.2, 0.25) is 5.52 Å². The summed E-state index contributed by atoms with van der Waals surface area (Å²) < 4.78 is 76.1. The number of hydrogen-bond donors (Lipinski definition) is 2. The molecular formula is C30H31N2O7S6+. The third-order valence-corrected chi connectivity index (χ3v) is 13.1. The van der Waals surface area contributed by atoms with Crippen molar-refractivity contribution in [2.24, 2.45) is 0 Å². The van der Waals surface area contributed by atoms with Crippen LogP contribution in [0.1, 0.15) is 31.2 Å². The van der Waals surface area contributed by atoms with Crippen molar-refractivity contribution in [3.63, 3.8) is 0 Å². The van der Waals surface area contributed by atoms with Gasteiger partial charge in [0.05, 0.1) is 39.4 Å². The molecule has 0 saturated carbocycles. The Bertz CT molecular complexity index is 2190. The Kier molecular flexibility index (Phi) is 9.34. The molecule has 2 aromatic carbocycles. The Labute approximate surface area is 277 Å². The Hall–Kier alpha value is -2.50. The van der Waals surface area contributed by atoms with Crippen molar-refractivity contribution in [2.75, 3.05) is 30.1 Å². The number of benzene rings is 2. The van der Waals surface area contributed by atoms with Crippen LogP contribution in [0.2, 0.25) is 0 Å². The maximum absolute atomic E-state index is 11.6. The molecule has 45 heavy (non-hydrogen) atoms. The van der Waals surface area contributed by atoms with E-state index in [1.54, 1.807) is 52.9 Å². The van der Waals surface area contributed by atoms with Crippen molar-refractivity contribution in [3.8, 4) is 5.75 Å². The summed E-state index contributed by atoms with van der Waals surface area (Å²) >= 11 is 6.49. The minimum atomic E-state index is -4.10. The summed E-state index contributed by atoms with van der Waals surface area (Å²) in [5, 5.41) is 8.07. The summed E-state index contributed by atoms with van der Waals surface area (Å²) in [4.78, 5) is 3.14. The maximum Gasteiger partial charge on any atom is 0.265 e. The number of aryl methyl sites for hydroxylation is 1. The molecule has 9 nitrogen and oxygen atoms in total. The first-order valence-corrected chi connectivity index (χ1v) is 20.8. The Balaban J connectivity index is 1.44. The maximum atomic E-state index is 11.6. The highest BCUT2D eigenvalue weighted by molar-refractivity contribution is 8.03. The zero-order chi connectivity index (χ0) is 31.9. The molecule has 0 spiro atoms. The fourth-order valence-corrected chi connectivity index (χ4v) is 10.7. The van der Waals surface area contributed by atoms with Crippen LogP contribution in [0.5, 0.6) is 5.75 Å². The molecule has 6 rings (SSSR count). The number of anilines is 1. The number of methoxy groups -OCH3 is 1. The van der Waals surface area contributed by atoms with Crippen molar-refractivity contribution >= 4 is 108 Å². The average Bonchev–Trinajstić information content (AvgIpc) is 3.76. The van der Waals surface area contributed by atoms with E-state index in [9.17, 15) is 25.9 Å². The molecule has 15 heteroatoms. The molecule has 0 radical (unpaired) electrons. The number of thiophene rings is 2. The quantitative estimate of drug-likeness (QED) is 0.0999. The van der Waals surface area contributed by atoms with Crippen molar-refractivity contribution in [3.05, 3.63) is 62.8 Å². The van der Waals surface area contributed by atoms with Crippen molar-refractivity contribution in [2.45, 2.75) is 37.6 Å². The van der Waals surface area contributed by atoms with E-state index in [0.29, 0.717) is 19.5 Å². The predicted octanol–water partition coefficient (Wildman–Crippen LogP) is 7.43. The van der Waals surface area contributed by atoms with E-state index in [-0.39, 0.29) is 24.3 Å². The Morgan fingerprint density at radius 3 is 2.42 bits per heavy atom. The van der Waals surface area contributed by atoms with Gasteiger partial charge in [-0.25, -0.2) is 0 Å². The second kappa shape index (κ2) is 13.0. The van der Waals surface area contributed by atoms with E-state index in [2.05, 4.69) is 46.7 Å². The number of nitrogens with zero attached hydrogens (tertiary/aromatic N) is 2. The summed E-state index contributed by atoms with van der Waals surface area (Å²) in [6.45, 7) is 2.90. The third-order valence-electron chi connectivity index (χ3n) is 7.53. The van der Waals surface area contributed by atoms with Crippen LogP contribution < -0.4 is 14.2 Å². The predicted molar refractivity (Wildman–Crippen MR) is 187 cm³/mol. The lowest BCUT2D eigenvalue weighted by Crippen LogP contribution is -2.36. The lowest BCUT2D eigenvalue weighted by atomic mass is 10.1. The normalized spacial score (nSPS) is 15.2. The van der Waals surface area contributed by atoms with Crippen LogP contribution in [0.15, 0.2) is 62.7 Å². The van der Waals surface area contributed by atoms with Gasteiger partial charge < -0.3 is 9.64 Å². The molecule has 3 aromatic heterocycles. The Morgan fingerprint density at radius 1 is 0.978 bits per heavy atom. The SMILES string of the molecule is CCC(=Cc1sc2ccc3sccc3c2[n+]1CCCS(=O)(=O)O)C=C1Sc2cc(OC)c3ccsc3c2N1CCCS(=O)(=O)O. The number of thiazole rings is 1. The summed E-state index contributed by atoms with van der Waals surface area (Å²) in [7, 11) is -6.54. The highest BCUT2D eigenvalue weighted by Crippen LogP contribution is 2.53. The smallest absolute Gasteiger partial charge is 0.265 e. The number of ether oxygens (including phenoxy) is 1. The van der Waals surface area contributed by atoms with Gasteiger partial charge in [0, 0.05) is 34.0 Å². The van der Waals surface area contributed by atoms with Gasteiger partial charge in [-0.05, 0) is 65.6 Å². The number of thioether (sulfide) groups is 1. The number of aromatic nitrogens is 1. The van der Waals surface area contributed by atoms with Crippen LogP contribution in [0.4, 0.5) is 5.69 Å². The lowest BCUT2D eigenvalue weighted by molar-refractivity contribution is -0.667. The molecule has 1 aliphatic rings. The molecule has 0 fully saturated rings. The average molecular weight is 724 g/mol. The van der Waals surface area contributed by atoms with E-state index < -0.39 is 20.2 Å². The van der Waals surface area contributed by atoms with Crippen LogP contribution >= 0.6 is 45.8 Å². The summed E-state index contributed by atoms with van der Waals surface area (Å²) in [5.41, 5.74) is 3.09. The van der Waals surface area contributed by atoms with Gasteiger partial charge in [0.1, 0.15) is 10.4 Å². The molecule has 238 valence electrons. The zero-order valence-electron chi connectivity index (χ0n) is 24.4. The fourth-order valence-electron chi connectivity index (χ4n) is 5.52. The highest BCUT2D eigenvalue weighted by atomic mass is 32.2. The van der Waals surface area contributed by atoms with Crippen molar-refractivity contribution in [1.29, 1.82) is 0 Å². The molecule has 0 bridgehead atoms. The van der Waals surface area contributed by atoms with Crippen LogP contribution in [0.25, 0.3) is 36.5 Å². The van der Waals surface area contributed by atoms with Gasteiger partial charge >= 0.3 is 0 Å². The van der Waals surface area contributed by atoms with Gasteiger partial charge in [-0.3, -0.25) is 9.11 Å². The van der Waals surface area contributed by atoms with Crippen LogP contribution in [-0.2, 0) is 26.8 Å². The van der Waals surface area contributed by atoms with Crippen molar-refractivity contribution < 1.29 is 35.2 Å². The lowest BCUT2D eigenvalue weighted by Gasteiger charge is -2.21. The second-order valence-electron chi connectivity index (χ2n) is 10.5. The molecule has 1 aliphatic heterocycles. The largest absolute Gasteiger partial charge is 0.496 e. The highest BCUT2D eigenvalue weighted by Gasteiger charge is 2.30. The Morgan fingerprint density at radius 2 is 1.69 bits per heavy atom. The number of rotatable bonds is 12. The van der Waals surface area contributed by atoms with Crippen LogP contribution in [0, 0.1) is 0 Å². The van der Waals surface area contributed by atoms with E-state index in [1.807, 2.05) is 22.9 Å². The molecule has 4 heterocycles. The van der Waals surface area contributed by atoms with Gasteiger partial charge in [-0.1, -0.05) is 30.0 Å². The van der Waals surface area contributed by atoms with Gasteiger partial charge in [-0.2, -0.15) is 21.4 Å². The van der Waals surface area contributed by atoms with E-state index in [0.717, 1.165) is 62.3 Å². The summed E-state index contributed by atoms with van der Waals surface area (Å²) in [5.74, 6) is 0.122. The first-order chi connectivity index (χ1) is 21.5. The number of allylic oxidation sites excluding steroid dienone is 2. The summed E-state index contributed by atoms with van der Waals surface area (Å²) in [6, 6.07) is 10.3. The molecule has 0 atom stereocenters. The zero-order valence-corrected chi connectivity index (χ0v) is 29.3. The van der Waals surface area contributed by atoms with Crippen LogP contribution in [0.3, 0.4) is 0 Å². The van der Waals surface area contributed by atoms with Crippen LogP contribution in [-0.4, -0.2) is 51.1 Å². The van der Waals surface area contributed by atoms with Gasteiger partial charge in [-0.15, -0.1) is 22.7 Å². The first kappa shape index (κ1) is 32.4. The molecular weight excluding hydrogens is 693 g/mol. The number of fused-ring (bicyclic) bond motifs is 6. The minimum absolute atomic E-state index is 0.251. The molecule has 2 N–H and O–H groups in total. The standard InChI is InChI=1S/C30H30N2O7S6/c1-3-19(16-26-31(10-4-14-44(33,34)35)28-21-9-12-40-23(21)6-7-24(28)42-26)17-27-32(11-5-15-45(36,37)38)29-25(43-27)18-22(39-2)20-8-13-41-30(20)29/h6-9,12-13,16-18H,3-5,10-11,14-15H2,1-2H3,(H-,33,34,35,36,37,38)/p+1. The second-order valence-corrected chi connectivity index (χ2v) is 17.6. The molecule has 0 saturated heterocycles. The number of hydrogen-bond acceptors (Lipinski definition) is 10. The summed E-state index contributed by atoms with van der Waals surface area (Å²) in [6.07, 6.45) is 5.48. The molecule has 0 aliphatic carbocycles. The van der Waals surface area contributed by atoms with Gasteiger partial charge in [0.15, 0.2) is 6.54 Å². The monoisotopic (exact) mass is 723 g/mol.